The molecule has 5 heterocycles. The van der Waals surface area contributed by atoms with E-state index in [4.69, 9.17) is 9.47 Å². The lowest BCUT2D eigenvalue weighted by molar-refractivity contribution is -0.121. The predicted octanol–water partition coefficient (Wildman–Crippen LogP) is 0.0655. The third-order valence-electron chi connectivity index (χ3n) is 8.66. The topological polar surface area (TPSA) is 107 Å². The number of hydrogen-bond donors (Lipinski definition) is 4. The number of likely N-dealkylation sites (N-methyl/N-ethyl adjacent to an activating group) is 1. The number of fused-ring (bicyclic) bond motifs is 6. The maximum Gasteiger partial charge on any atom is 0.244 e. The molecule has 1 amide bonds. The Balaban J connectivity index is 1.34. The first-order valence-corrected chi connectivity index (χ1v) is 12.2. The quantitative estimate of drug-likeness (QED) is 0.502. The van der Waals surface area contributed by atoms with E-state index in [1.165, 1.54) is 5.56 Å². The van der Waals surface area contributed by atoms with E-state index in [9.17, 15) is 15.0 Å². The van der Waals surface area contributed by atoms with Crippen LogP contribution in [-0.2, 0) is 16.0 Å². The van der Waals surface area contributed by atoms with Gasteiger partial charge in [-0.05, 0) is 50.9 Å². The number of benzene rings is 1. The second-order valence-electron chi connectivity index (χ2n) is 10.2. The molecule has 4 fully saturated rings. The van der Waals surface area contributed by atoms with Gasteiger partial charge in [0, 0.05) is 36.2 Å². The summed E-state index contributed by atoms with van der Waals surface area (Å²) in [7, 11) is 3.81. The molecule has 1 aromatic carbocycles. The molecule has 4 saturated heterocycles. The van der Waals surface area contributed by atoms with Crippen molar-refractivity contribution in [1.29, 1.82) is 0 Å². The molecule has 2 bridgehead atoms. The minimum atomic E-state index is -0.688. The number of nitrogens with one attached hydrogen (secondary N) is 2. The maximum atomic E-state index is 12.9. The summed E-state index contributed by atoms with van der Waals surface area (Å²) in [6, 6.07) is 4.32. The summed E-state index contributed by atoms with van der Waals surface area (Å²) < 4.78 is 12.3. The Bertz CT molecular complexity index is 944. The van der Waals surface area contributed by atoms with Gasteiger partial charge in [0.15, 0.2) is 0 Å². The molecule has 0 aliphatic carbocycles. The largest absolute Gasteiger partial charge is 0.494 e. The third-order valence-corrected chi connectivity index (χ3v) is 8.66. The Morgan fingerprint density at radius 2 is 2.21 bits per heavy atom. The zero-order chi connectivity index (χ0) is 22.9. The van der Waals surface area contributed by atoms with Crippen molar-refractivity contribution in [3.8, 4) is 5.75 Å². The smallest absolute Gasteiger partial charge is 0.244 e. The van der Waals surface area contributed by atoms with Crippen LogP contribution in [0.25, 0.3) is 0 Å². The third kappa shape index (κ3) is 3.17. The molecule has 6 rings (SSSR count). The van der Waals surface area contributed by atoms with Crippen molar-refractivity contribution < 1.29 is 24.5 Å². The predicted molar refractivity (Wildman–Crippen MR) is 121 cm³/mol. The Kier molecular flexibility index (Phi) is 5.39. The number of carbonyl (C=O) groups is 1. The summed E-state index contributed by atoms with van der Waals surface area (Å²) in [4.78, 5) is 17.9. The lowest BCUT2D eigenvalue weighted by atomic mass is 9.81. The number of amides is 1. The van der Waals surface area contributed by atoms with E-state index in [0.717, 1.165) is 31.4 Å². The monoisotopic (exact) mass is 458 g/mol. The number of carbonyl (C=O) groups excluding carboxylic acids is 1. The molecule has 5 aliphatic rings. The fourth-order valence-corrected chi connectivity index (χ4v) is 7.24. The fraction of sp³-hybridized carbons (Fsp3) is 0.708. The minimum absolute atomic E-state index is 0.00971. The number of aliphatic hydroxyl groups excluding tert-OH is 2. The average Bonchev–Trinajstić information content (AvgIpc) is 3.36. The van der Waals surface area contributed by atoms with Gasteiger partial charge in [-0.25, -0.2) is 0 Å². The Morgan fingerprint density at radius 3 is 2.97 bits per heavy atom. The highest BCUT2D eigenvalue weighted by Crippen LogP contribution is 2.53. The van der Waals surface area contributed by atoms with Crippen molar-refractivity contribution in [2.75, 3.05) is 39.2 Å². The summed E-state index contributed by atoms with van der Waals surface area (Å²) in [5, 5.41) is 26.5. The molecule has 2 unspecified atom stereocenters. The molecule has 4 N–H and O–H groups in total. The summed E-state index contributed by atoms with van der Waals surface area (Å²) in [5.74, 6) is 0.707. The van der Waals surface area contributed by atoms with E-state index in [1.807, 2.05) is 6.07 Å². The van der Waals surface area contributed by atoms with Crippen molar-refractivity contribution in [1.82, 2.24) is 15.1 Å². The Labute approximate surface area is 194 Å². The Hall–Kier alpha value is -1.75. The molecular weight excluding hydrogens is 424 g/mol. The van der Waals surface area contributed by atoms with Crippen LogP contribution in [0.3, 0.4) is 0 Å². The van der Waals surface area contributed by atoms with Gasteiger partial charge in [-0.15, -0.1) is 0 Å². The lowest BCUT2D eigenvalue weighted by Gasteiger charge is -2.51. The normalized spacial score (nSPS) is 39.8. The standard InChI is InChI=1S/C24H34N4O5/c1-27-16-9-13(10-29)21(27)15-8-12-5-6-14(26-23(31)20-18(30)4-3-7-25-20)22(32-2)19(12)17-11-33-24(16)28(15)17/h5-6,13,15-18,20-21,24-25,29-30H,3-4,7-11H2,1-2H3,(H,26,31)/t13?,15-,16+,17?,18+,20-,21-,24+/m0/s1. The summed E-state index contributed by atoms with van der Waals surface area (Å²) >= 11 is 0. The average molecular weight is 459 g/mol. The summed E-state index contributed by atoms with van der Waals surface area (Å²) in [6.07, 6.45) is 2.62. The molecule has 33 heavy (non-hydrogen) atoms. The molecule has 1 aromatic rings. The van der Waals surface area contributed by atoms with E-state index >= 15 is 0 Å². The van der Waals surface area contributed by atoms with Crippen LogP contribution in [0.15, 0.2) is 12.1 Å². The van der Waals surface area contributed by atoms with E-state index in [2.05, 4.69) is 33.5 Å². The molecule has 0 aromatic heterocycles. The van der Waals surface area contributed by atoms with Gasteiger partial charge in [0.25, 0.3) is 0 Å². The van der Waals surface area contributed by atoms with Crippen LogP contribution in [0, 0.1) is 5.92 Å². The molecule has 5 aliphatic heterocycles. The molecule has 9 heteroatoms. The highest BCUT2D eigenvalue weighted by atomic mass is 16.5. The van der Waals surface area contributed by atoms with Crippen molar-refractivity contribution in [2.45, 2.75) is 68.2 Å². The zero-order valence-electron chi connectivity index (χ0n) is 19.2. The van der Waals surface area contributed by atoms with Gasteiger partial charge < -0.3 is 30.3 Å². The number of piperazine rings is 1. The highest BCUT2D eigenvalue weighted by molar-refractivity contribution is 5.97. The van der Waals surface area contributed by atoms with Crippen molar-refractivity contribution in [2.24, 2.45) is 5.92 Å². The van der Waals surface area contributed by atoms with E-state index in [1.54, 1.807) is 7.11 Å². The molecule has 180 valence electrons. The van der Waals surface area contributed by atoms with Crippen LogP contribution in [0.4, 0.5) is 5.69 Å². The van der Waals surface area contributed by atoms with Crippen LogP contribution in [-0.4, -0.2) is 96.3 Å². The number of nitrogens with zero attached hydrogens (tertiary/aromatic N) is 2. The van der Waals surface area contributed by atoms with Crippen LogP contribution in [0.5, 0.6) is 5.75 Å². The van der Waals surface area contributed by atoms with Gasteiger partial charge >= 0.3 is 0 Å². The molecule has 0 saturated carbocycles. The van der Waals surface area contributed by atoms with Gasteiger partial charge in [-0.1, -0.05) is 6.07 Å². The fourth-order valence-electron chi connectivity index (χ4n) is 7.24. The van der Waals surface area contributed by atoms with Crippen LogP contribution in [0.2, 0.25) is 0 Å². The maximum absolute atomic E-state index is 12.9. The van der Waals surface area contributed by atoms with E-state index in [-0.39, 0.29) is 42.8 Å². The van der Waals surface area contributed by atoms with Gasteiger partial charge in [0.05, 0.1) is 31.5 Å². The summed E-state index contributed by atoms with van der Waals surface area (Å²) in [5.41, 5.74) is 2.94. The summed E-state index contributed by atoms with van der Waals surface area (Å²) in [6.45, 7) is 1.51. The number of methoxy groups -OCH3 is 1. The van der Waals surface area contributed by atoms with Crippen molar-refractivity contribution in [3.05, 3.63) is 23.3 Å². The molecular formula is C24H34N4O5. The first kappa shape index (κ1) is 21.8. The van der Waals surface area contributed by atoms with E-state index in [0.29, 0.717) is 30.5 Å². The van der Waals surface area contributed by atoms with Crippen molar-refractivity contribution >= 4 is 11.6 Å². The SMILES string of the molecule is COc1c(NC(=O)[C@H]2NCCC[C@H]2O)ccc2c1C1CO[C@@H]3[C@H]4CC(CO)[C@@H]([C@H](C2)N13)N4C. The minimum Gasteiger partial charge on any atom is -0.494 e. The van der Waals surface area contributed by atoms with E-state index < -0.39 is 12.1 Å². The number of ether oxygens (including phenoxy) is 2. The number of anilines is 1. The molecule has 8 atom stereocenters. The van der Waals surface area contributed by atoms with Gasteiger partial charge in [-0.3, -0.25) is 14.6 Å². The number of rotatable bonds is 4. The second-order valence-corrected chi connectivity index (χ2v) is 10.2. The van der Waals surface area contributed by atoms with Crippen LogP contribution < -0.4 is 15.4 Å². The van der Waals surface area contributed by atoms with Crippen molar-refractivity contribution in [3.63, 3.8) is 0 Å². The Morgan fingerprint density at radius 1 is 1.36 bits per heavy atom. The first-order chi connectivity index (χ1) is 16.0. The molecule has 9 nitrogen and oxygen atoms in total. The van der Waals surface area contributed by atoms with Gasteiger partial charge in [-0.2, -0.15) is 0 Å². The van der Waals surface area contributed by atoms with Gasteiger partial charge in [0.2, 0.25) is 5.91 Å². The molecule has 0 spiro atoms. The van der Waals surface area contributed by atoms with Gasteiger partial charge in [0.1, 0.15) is 18.0 Å². The van der Waals surface area contributed by atoms with Crippen LogP contribution >= 0.6 is 0 Å². The number of hydrogen-bond acceptors (Lipinski definition) is 8. The highest BCUT2D eigenvalue weighted by Gasteiger charge is 2.60. The molecule has 0 radical (unpaired) electrons. The number of piperidine rings is 1. The van der Waals surface area contributed by atoms with Crippen LogP contribution in [0.1, 0.15) is 36.4 Å². The second kappa shape index (κ2) is 8.18. The first-order valence-electron chi connectivity index (χ1n) is 12.2. The number of aliphatic hydroxyl groups is 2. The zero-order valence-corrected chi connectivity index (χ0v) is 19.2. The lowest BCUT2D eigenvalue weighted by Crippen LogP contribution is -2.64.